The van der Waals surface area contributed by atoms with Crippen LogP contribution in [0, 0.1) is 5.92 Å². The fourth-order valence-electron chi connectivity index (χ4n) is 2.47. The highest BCUT2D eigenvalue weighted by molar-refractivity contribution is 6.00. The smallest absolute Gasteiger partial charge is 0.227 e. The van der Waals surface area contributed by atoms with Gasteiger partial charge in [0.2, 0.25) is 11.6 Å². The van der Waals surface area contributed by atoms with Crippen LogP contribution in [0.25, 0.3) is 11.0 Å². The predicted molar refractivity (Wildman–Crippen MR) is 74.3 cm³/mol. The Hall–Kier alpha value is -2.15. The van der Waals surface area contributed by atoms with Crippen molar-refractivity contribution in [3.63, 3.8) is 0 Å². The summed E-state index contributed by atoms with van der Waals surface area (Å²) in [6.45, 7) is 1.79. The van der Waals surface area contributed by atoms with Gasteiger partial charge in [0, 0.05) is 12.1 Å². The monoisotopic (exact) mass is 275 g/mol. The first-order chi connectivity index (χ1) is 9.79. The highest BCUT2D eigenvalue weighted by Crippen LogP contribution is 2.22. The number of nitrogens with one attached hydrogen (secondary N) is 2. The summed E-state index contributed by atoms with van der Waals surface area (Å²) in [6.07, 6.45) is 5.02. The summed E-state index contributed by atoms with van der Waals surface area (Å²) in [5.74, 6) is 0.126. The molecule has 0 spiro atoms. The van der Waals surface area contributed by atoms with Gasteiger partial charge in [-0.3, -0.25) is 4.79 Å². The number of fused-ring (bicyclic) bond motifs is 1. The highest BCUT2D eigenvalue weighted by Gasteiger charge is 2.21. The molecule has 7 nitrogen and oxygen atoms in total. The van der Waals surface area contributed by atoms with Crippen LogP contribution in [0.1, 0.15) is 12.8 Å². The molecule has 0 saturated carbocycles. The quantitative estimate of drug-likeness (QED) is 0.849. The molecule has 7 heteroatoms. The zero-order chi connectivity index (χ0) is 13.9. The minimum Gasteiger partial charge on any atom is -0.398 e. The van der Waals surface area contributed by atoms with Gasteiger partial charge in [-0.25, -0.2) is 4.98 Å². The van der Waals surface area contributed by atoms with Gasteiger partial charge < -0.3 is 15.5 Å². The summed E-state index contributed by atoms with van der Waals surface area (Å²) in [5.41, 5.74) is 1.32. The van der Waals surface area contributed by atoms with Crippen LogP contribution < -0.4 is 15.5 Å². The third-order valence-electron chi connectivity index (χ3n) is 3.58. The van der Waals surface area contributed by atoms with Crippen molar-refractivity contribution in [2.24, 2.45) is 5.92 Å². The van der Waals surface area contributed by atoms with Crippen LogP contribution in [0.4, 0.5) is 5.69 Å². The van der Waals surface area contributed by atoms with Crippen LogP contribution in [0.3, 0.4) is 0 Å². The molecule has 0 aliphatic carbocycles. The van der Waals surface area contributed by atoms with E-state index in [9.17, 15) is 4.79 Å². The second kappa shape index (κ2) is 5.46. The zero-order valence-electron chi connectivity index (χ0n) is 11.3. The van der Waals surface area contributed by atoms with Gasteiger partial charge >= 0.3 is 0 Å². The molecule has 1 fully saturated rings. The Morgan fingerprint density at radius 2 is 2.30 bits per heavy atom. The van der Waals surface area contributed by atoms with Crippen molar-refractivity contribution in [3.05, 3.63) is 18.5 Å². The van der Waals surface area contributed by atoms with Crippen LogP contribution in [0.5, 0.6) is 0 Å². The predicted octanol–water partition coefficient (Wildman–Crippen LogP) is 0.428. The molecule has 1 amide bonds. The van der Waals surface area contributed by atoms with Crippen molar-refractivity contribution >= 4 is 22.6 Å². The maximum absolute atomic E-state index is 12.3. The van der Waals surface area contributed by atoms with Gasteiger partial charge in [0.05, 0.1) is 17.3 Å². The number of amides is 1. The molecular weight excluding hydrogens is 258 g/mol. The molecule has 0 atom stereocenters. The van der Waals surface area contributed by atoms with E-state index in [1.807, 2.05) is 0 Å². The number of carbonyl (C=O) groups is 1. The van der Waals surface area contributed by atoms with E-state index in [4.69, 9.17) is 4.84 Å². The molecule has 0 bridgehead atoms. The number of rotatable bonds is 3. The van der Waals surface area contributed by atoms with Crippen molar-refractivity contribution in [2.45, 2.75) is 12.8 Å². The topological polar surface area (TPSA) is 81.1 Å². The molecule has 1 aliphatic rings. The summed E-state index contributed by atoms with van der Waals surface area (Å²) in [4.78, 5) is 22.9. The van der Waals surface area contributed by atoms with E-state index in [1.54, 1.807) is 18.5 Å². The third-order valence-corrected chi connectivity index (χ3v) is 3.58. The van der Waals surface area contributed by atoms with Gasteiger partial charge in [-0.2, -0.15) is 0 Å². The normalized spacial score (nSPS) is 16.2. The fourth-order valence-corrected chi connectivity index (χ4v) is 2.47. The molecule has 3 rings (SSSR count). The van der Waals surface area contributed by atoms with Crippen LogP contribution in [-0.2, 0) is 4.79 Å². The van der Waals surface area contributed by atoms with Gasteiger partial charge in [-0.1, -0.05) is 4.85 Å². The minimum atomic E-state index is 0.0594. The molecule has 2 aromatic heterocycles. The lowest BCUT2D eigenvalue weighted by Gasteiger charge is -2.21. The van der Waals surface area contributed by atoms with Gasteiger partial charge in [-0.15, -0.1) is 5.10 Å². The van der Waals surface area contributed by atoms with E-state index >= 15 is 0 Å². The average molecular weight is 275 g/mol. The van der Waals surface area contributed by atoms with E-state index in [0.29, 0.717) is 5.65 Å². The zero-order valence-corrected chi connectivity index (χ0v) is 11.3. The van der Waals surface area contributed by atoms with Crippen LogP contribution in [0.2, 0.25) is 0 Å². The number of hydrogen-bond acceptors (Lipinski definition) is 5. The van der Waals surface area contributed by atoms with E-state index in [-0.39, 0.29) is 11.8 Å². The molecular formula is C13H17N5O2. The van der Waals surface area contributed by atoms with Gasteiger partial charge in [0.15, 0.2) is 0 Å². The summed E-state index contributed by atoms with van der Waals surface area (Å²) in [6, 6.07) is 1.78. The maximum atomic E-state index is 12.3. The lowest BCUT2D eigenvalue weighted by Crippen LogP contribution is -2.34. The van der Waals surface area contributed by atoms with Crippen LogP contribution >= 0.6 is 0 Å². The molecule has 1 saturated heterocycles. The number of nitrogens with zero attached hydrogens (tertiary/aromatic N) is 3. The Balaban J connectivity index is 1.83. The number of anilines is 1. The molecule has 106 valence electrons. The van der Waals surface area contributed by atoms with Crippen molar-refractivity contribution in [2.75, 3.05) is 25.5 Å². The summed E-state index contributed by atoms with van der Waals surface area (Å²) in [7, 11) is 1.52. The highest BCUT2D eigenvalue weighted by atomic mass is 16.7. The molecule has 20 heavy (non-hydrogen) atoms. The minimum absolute atomic E-state index is 0.0594. The summed E-state index contributed by atoms with van der Waals surface area (Å²) >= 11 is 0. The van der Waals surface area contributed by atoms with Gasteiger partial charge in [0.25, 0.3) is 0 Å². The third kappa shape index (κ3) is 2.32. The molecule has 3 heterocycles. The number of hydrogen-bond donors (Lipinski definition) is 2. The molecule has 0 unspecified atom stereocenters. The van der Waals surface area contributed by atoms with Crippen molar-refractivity contribution in [3.8, 4) is 0 Å². The lowest BCUT2D eigenvalue weighted by molar-refractivity contribution is -0.120. The van der Waals surface area contributed by atoms with E-state index in [0.717, 1.165) is 37.0 Å². The lowest BCUT2D eigenvalue weighted by atomic mass is 9.97. The van der Waals surface area contributed by atoms with Crippen molar-refractivity contribution < 1.29 is 9.63 Å². The first-order valence-corrected chi connectivity index (χ1v) is 6.68. The van der Waals surface area contributed by atoms with E-state index in [1.165, 1.54) is 12.0 Å². The Labute approximate surface area is 116 Å². The van der Waals surface area contributed by atoms with Gasteiger partial charge in [-0.05, 0) is 32.0 Å². The Kier molecular flexibility index (Phi) is 3.51. The molecule has 1 aliphatic heterocycles. The summed E-state index contributed by atoms with van der Waals surface area (Å²) in [5, 5.41) is 11.1. The number of piperidine rings is 1. The fraction of sp³-hybridized carbons (Fsp3) is 0.462. The Bertz CT molecular complexity index is 618. The molecule has 0 radical (unpaired) electrons. The average Bonchev–Trinajstić information content (AvgIpc) is 2.92. The maximum Gasteiger partial charge on any atom is 0.227 e. The van der Waals surface area contributed by atoms with Crippen LogP contribution in [-0.4, -0.2) is 41.0 Å². The van der Waals surface area contributed by atoms with E-state index in [2.05, 4.69) is 20.7 Å². The first-order valence-electron chi connectivity index (χ1n) is 6.68. The van der Waals surface area contributed by atoms with E-state index < -0.39 is 0 Å². The molecule has 2 aromatic rings. The van der Waals surface area contributed by atoms with Crippen molar-refractivity contribution in [1.82, 2.24) is 20.2 Å². The number of pyridine rings is 1. The van der Waals surface area contributed by atoms with Crippen LogP contribution in [0.15, 0.2) is 18.5 Å². The SMILES string of the molecule is COn1ncc2c(NC(=O)C3CCNCC3)ccnc21. The van der Waals surface area contributed by atoms with Crippen molar-refractivity contribution in [1.29, 1.82) is 0 Å². The number of aromatic nitrogens is 3. The molecule has 0 aromatic carbocycles. The second-order valence-corrected chi connectivity index (χ2v) is 4.81. The second-order valence-electron chi connectivity index (χ2n) is 4.81. The largest absolute Gasteiger partial charge is 0.398 e. The molecule has 2 N–H and O–H groups in total. The van der Waals surface area contributed by atoms with Gasteiger partial charge in [0.1, 0.15) is 7.11 Å². The first kappa shape index (κ1) is 12.9. The standard InChI is InChI=1S/C13H17N5O2/c1-20-18-12-10(8-16-18)11(4-7-15-12)17-13(19)9-2-5-14-6-3-9/h4,7-9,14H,2-3,5-6H2,1H3,(H,15,17,19). The number of carbonyl (C=O) groups excluding carboxylic acids is 1. The summed E-state index contributed by atoms with van der Waals surface area (Å²) < 4.78 is 0. The Morgan fingerprint density at radius 3 is 3.05 bits per heavy atom. The Morgan fingerprint density at radius 1 is 1.50 bits per heavy atom.